The van der Waals surface area contributed by atoms with Crippen molar-refractivity contribution in [2.24, 2.45) is 5.92 Å². The number of aryl methyl sites for hydroxylation is 1. The van der Waals surface area contributed by atoms with Crippen molar-refractivity contribution < 1.29 is 12.8 Å². The second-order valence-electron chi connectivity index (χ2n) is 5.01. The fourth-order valence-corrected chi connectivity index (χ4v) is 4.10. The Hall–Kier alpha value is -0.980. The highest BCUT2D eigenvalue weighted by Gasteiger charge is 2.33. The predicted octanol–water partition coefficient (Wildman–Crippen LogP) is 1.36. The summed E-state index contributed by atoms with van der Waals surface area (Å²) in [6.07, 6.45) is 0.813. The van der Waals surface area contributed by atoms with Crippen molar-refractivity contribution in [1.82, 2.24) is 9.62 Å². The molecule has 0 aliphatic carbocycles. The largest absolute Gasteiger partial charge is 0.319 e. The first-order valence-corrected chi connectivity index (χ1v) is 7.80. The molecule has 0 amide bonds. The van der Waals surface area contributed by atoms with E-state index in [9.17, 15) is 12.8 Å². The van der Waals surface area contributed by atoms with Gasteiger partial charge in [0, 0.05) is 13.1 Å². The number of nitrogens with one attached hydrogen (secondary N) is 1. The topological polar surface area (TPSA) is 49.4 Å². The third kappa shape index (κ3) is 2.96. The smallest absolute Gasteiger partial charge is 0.246 e. The Balaban J connectivity index is 2.26. The van der Waals surface area contributed by atoms with Gasteiger partial charge in [0.25, 0.3) is 0 Å². The maximum atomic E-state index is 13.7. The molecule has 1 heterocycles. The van der Waals surface area contributed by atoms with Gasteiger partial charge in [0.2, 0.25) is 10.0 Å². The molecule has 1 aromatic rings. The molecule has 1 aliphatic rings. The van der Waals surface area contributed by atoms with Crippen molar-refractivity contribution >= 4 is 10.0 Å². The number of halogens is 1. The summed E-state index contributed by atoms with van der Waals surface area (Å²) in [5.74, 6) is -0.379. The van der Waals surface area contributed by atoms with E-state index in [1.807, 2.05) is 7.05 Å². The van der Waals surface area contributed by atoms with E-state index in [1.165, 1.54) is 16.4 Å². The van der Waals surface area contributed by atoms with E-state index < -0.39 is 15.8 Å². The Kier molecular flexibility index (Phi) is 4.23. The first-order valence-electron chi connectivity index (χ1n) is 6.36. The van der Waals surface area contributed by atoms with Gasteiger partial charge in [-0.15, -0.1) is 0 Å². The average molecular weight is 286 g/mol. The van der Waals surface area contributed by atoms with Crippen LogP contribution in [0.2, 0.25) is 0 Å². The highest BCUT2D eigenvalue weighted by Crippen LogP contribution is 2.26. The zero-order valence-electron chi connectivity index (χ0n) is 11.2. The minimum absolute atomic E-state index is 0.211. The molecule has 1 fully saturated rings. The molecule has 0 aromatic heterocycles. The Labute approximate surface area is 113 Å². The molecule has 1 saturated heterocycles. The Morgan fingerprint density at radius 2 is 2.21 bits per heavy atom. The van der Waals surface area contributed by atoms with E-state index in [-0.39, 0.29) is 4.90 Å². The zero-order chi connectivity index (χ0) is 14.0. The Morgan fingerprint density at radius 3 is 2.89 bits per heavy atom. The van der Waals surface area contributed by atoms with Gasteiger partial charge in [0.1, 0.15) is 10.7 Å². The van der Waals surface area contributed by atoms with E-state index in [1.54, 1.807) is 13.0 Å². The lowest BCUT2D eigenvalue weighted by Crippen LogP contribution is -2.31. The monoisotopic (exact) mass is 286 g/mol. The molecular formula is C13H19FN2O2S. The minimum Gasteiger partial charge on any atom is -0.319 e. The summed E-state index contributed by atoms with van der Waals surface area (Å²) in [5, 5.41) is 3.05. The maximum absolute atomic E-state index is 13.7. The Bertz CT molecular complexity index is 560. The third-order valence-electron chi connectivity index (χ3n) is 3.45. The minimum atomic E-state index is -3.71. The first kappa shape index (κ1) is 14.4. The SMILES string of the molecule is CNCC1CCN(S(=O)(=O)c2cc(C)ccc2F)C1. The lowest BCUT2D eigenvalue weighted by molar-refractivity contribution is 0.446. The van der Waals surface area contributed by atoms with Crippen LogP contribution in [0, 0.1) is 18.7 Å². The summed E-state index contributed by atoms with van der Waals surface area (Å²) in [5.41, 5.74) is 0.742. The van der Waals surface area contributed by atoms with Gasteiger partial charge >= 0.3 is 0 Å². The fourth-order valence-electron chi connectivity index (χ4n) is 2.42. The van der Waals surface area contributed by atoms with Gasteiger partial charge in [-0.3, -0.25) is 0 Å². The van der Waals surface area contributed by atoms with Crippen LogP contribution in [0.25, 0.3) is 0 Å². The molecule has 6 heteroatoms. The molecule has 1 unspecified atom stereocenters. The van der Waals surface area contributed by atoms with Crippen molar-refractivity contribution in [2.45, 2.75) is 18.2 Å². The number of benzene rings is 1. The van der Waals surface area contributed by atoms with Crippen molar-refractivity contribution in [3.63, 3.8) is 0 Å². The van der Waals surface area contributed by atoms with Crippen LogP contribution < -0.4 is 5.32 Å². The first-order chi connectivity index (χ1) is 8.95. The summed E-state index contributed by atoms with van der Waals surface area (Å²) in [6, 6.07) is 4.18. The van der Waals surface area contributed by atoms with Gasteiger partial charge in [0.15, 0.2) is 0 Å². The molecule has 0 spiro atoms. The Morgan fingerprint density at radius 1 is 1.47 bits per heavy atom. The normalized spacial score (nSPS) is 20.9. The van der Waals surface area contributed by atoms with Crippen LogP contribution in [0.15, 0.2) is 23.1 Å². The lowest BCUT2D eigenvalue weighted by Gasteiger charge is -2.17. The molecule has 0 radical (unpaired) electrons. The van der Waals surface area contributed by atoms with Crippen molar-refractivity contribution in [2.75, 3.05) is 26.7 Å². The van der Waals surface area contributed by atoms with Crippen molar-refractivity contribution in [1.29, 1.82) is 0 Å². The second kappa shape index (κ2) is 5.56. The average Bonchev–Trinajstić information content (AvgIpc) is 2.82. The van der Waals surface area contributed by atoms with Crippen LogP contribution in [0.5, 0.6) is 0 Å². The van der Waals surface area contributed by atoms with Gasteiger partial charge in [-0.1, -0.05) is 6.07 Å². The number of nitrogens with zero attached hydrogens (tertiary/aromatic N) is 1. The second-order valence-corrected chi connectivity index (χ2v) is 6.92. The summed E-state index contributed by atoms with van der Waals surface area (Å²) in [4.78, 5) is -0.211. The van der Waals surface area contributed by atoms with E-state index in [2.05, 4.69) is 5.32 Å². The van der Waals surface area contributed by atoms with Crippen LogP contribution in [0.3, 0.4) is 0 Å². The standard InChI is InChI=1S/C13H19FN2O2S/c1-10-3-4-12(14)13(7-10)19(17,18)16-6-5-11(9-16)8-15-2/h3-4,7,11,15H,5-6,8-9H2,1-2H3. The van der Waals surface area contributed by atoms with Crippen LogP contribution in [0.4, 0.5) is 4.39 Å². The number of rotatable bonds is 4. The molecule has 1 aliphatic heterocycles. The van der Waals surface area contributed by atoms with Gasteiger partial charge in [0.05, 0.1) is 0 Å². The number of hydrogen-bond acceptors (Lipinski definition) is 3. The zero-order valence-corrected chi connectivity index (χ0v) is 12.0. The van der Waals surface area contributed by atoms with E-state index in [4.69, 9.17) is 0 Å². The summed E-state index contributed by atoms with van der Waals surface area (Å²) >= 11 is 0. The highest BCUT2D eigenvalue weighted by atomic mass is 32.2. The van der Waals surface area contributed by atoms with Crippen LogP contribution >= 0.6 is 0 Å². The van der Waals surface area contributed by atoms with Crippen LogP contribution in [0.1, 0.15) is 12.0 Å². The number of hydrogen-bond donors (Lipinski definition) is 1. The molecule has 2 rings (SSSR count). The summed E-state index contributed by atoms with van der Waals surface area (Å²) in [6.45, 7) is 3.45. The van der Waals surface area contributed by atoms with Crippen LogP contribution in [-0.4, -0.2) is 39.4 Å². The quantitative estimate of drug-likeness (QED) is 0.909. The molecular weight excluding hydrogens is 267 g/mol. The van der Waals surface area contributed by atoms with E-state index in [0.717, 1.165) is 18.5 Å². The van der Waals surface area contributed by atoms with Crippen molar-refractivity contribution in [3.8, 4) is 0 Å². The maximum Gasteiger partial charge on any atom is 0.246 e. The molecule has 0 saturated carbocycles. The van der Waals surface area contributed by atoms with Gasteiger partial charge in [-0.05, 0) is 50.6 Å². The molecule has 1 atom stereocenters. The molecule has 1 aromatic carbocycles. The van der Waals surface area contributed by atoms with Crippen LogP contribution in [-0.2, 0) is 10.0 Å². The van der Waals surface area contributed by atoms with Gasteiger partial charge in [-0.25, -0.2) is 12.8 Å². The van der Waals surface area contributed by atoms with Crippen molar-refractivity contribution in [3.05, 3.63) is 29.6 Å². The molecule has 1 N–H and O–H groups in total. The van der Waals surface area contributed by atoms with E-state index in [0.29, 0.717) is 19.0 Å². The fraction of sp³-hybridized carbons (Fsp3) is 0.538. The summed E-state index contributed by atoms with van der Waals surface area (Å²) in [7, 11) is -1.87. The molecule has 4 nitrogen and oxygen atoms in total. The summed E-state index contributed by atoms with van der Waals surface area (Å²) < 4.78 is 40.0. The van der Waals surface area contributed by atoms with E-state index >= 15 is 0 Å². The number of sulfonamides is 1. The molecule has 19 heavy (non-hydrogen) atoms. The van der Waals surface area contributed by atoms with Gasteiger partial charge in [-0.2, -0.15) is 4.31 Å². The van der Waals surface area contributed by atoms with Gasteiger partial charge < -0.3 is 5.32 Å². The third-order valence-corrected chi connectivity index (χ3v) is 5.33. The highest BCUT2D eigenvalue weighted by molar-refractivity contribution is 7.89. The predicted molar refractivity (Wildman–Crippen MR) is 71.9 cm³/mol. The molecule has 0 bridgehead atoms. The lowest BCUT2D eigenvalue weighted by atomic mass is 10.1. The molecule has 106 valence electrons.